The average Bonchev–Trinajstić information content (AvgIpc) is 2.28. The molecule has 0 radical (unpaired) electrons. The molecule has 90 valence electrons. The van der Waals surface area contributed by atoms with E-state index in [-0.39, 0.29) is 5.91 Å². The molecule has 1 aromatic rings. The zero-order valence-electron chi connectivity index (χ0n) is 10.0. The maximum Gasteiger partial charge on any atom is 0.221 e. The third kappa shape index (κ3) is 4.15. The predicted octanol–water partition coefficient (Wildman–Crippen LogP) is 2.94. The fourth-order valence-electron chi connectivity index (χ4n) is 1.47. The first-order chi connectivity index (χ1) is 8.17. The molecule has 0 fully saturated rings. The van der Waals surface area contributed by atoms with Crippen molar-refractivity contribution >= 4 is 11.6 Å². The van der Waals surface area contributed by atoms with E-state index in [9.17, 15) is 4.79 Å². The molecule has 0 saturated carbocycles. The van der Waals surface area contributed by atoms with Crippen LogP contribution in [0.2, 0.25) is 0 Å². The van der Waals surface area contributed by atoms with E-state index in [2.05, 4.69) is 18.5 Å². The molecule has 3 heteroatoms. The number of amides is 1. The van der Waals surface area contributed by atoms with Gasteiger partial charge in [0.2, 0.25) is 5.91 Å². The molecular weight excluding hydrogens is 214 g/mol. The number of benzene rings is 1. The lowest BCUT2D eigenvalue weighted by Gasteiger charge is -2.11. The summed E-state index contributed by atoms with van der Waals surface area (Å²) in [6.07, 6.45) is 4.19. The minimum absolute atomic E-state index is 0.0886. The lowest BCUT2D eigenvalue weighted by atomic mass is 10.1. The standard InChI is InChI=1S/C14H17NO2/c1-4-6-12-10-13(15-11(3)16)7-8-14(12)17-9-5-2/h4-5,7-8,10H,1-2,6,9H2,3H3,(H,15,16). The highest BCUT2D eigenvalue weighted by Crippen LogP contribution is 2.23. The first-order valence-electron chi connectivity index (χ1n) is 5.42. The summed E-state index contributed by atoms with van der Waals surface area (Å²) < 4.78 is 5.52. The van der Waals surface area contributed by atoms with Gasteiger partial charge in [-0.25, -0.2) is 0 Å². The van der Waals surface area contributed by atoms with Crippen LogP contribution in [0.4, 0.5) is 5.69 Å². The van der Waals surface area contributed by atoms with Crippen molar-refractivity contribution in [3.63, 3.8) is 0 Å². The summed E-state index contributed by atoms with van der Waals surface area (Å²) >= 11 is 0. The summed E-state index contributed by atoms with van der Waals surface area (Å²) in [6, 6.07) is 5.54. The minimum Gasteiger partial charge on any atom is -0.489 e. The average molecular weight is 231 g/mol. The third-order valence-corrected chi connectivity index (χ3v) is 2.10. The van der Waals surface area contributed by atoms with E-state index in [4.69, 9.17) is 4.74 Å². The van der Waals surface area contributed by atoms with Crippen molar-refractivity contribution in [3.05, 3.63) is 49.1 Å². The molecule has 0 aliphatic carbocycles. The van der Waals surface area contributed by atoms with Crippen molar-refractivity contribution < 1.29 is 9.53 Å². The predicted molar refractivity (Wildman–Crippen MR) is 70.3 cm³/mol. The summed E-state index contributed by atoms with van der Waals surface area (Å²) in [6.45, 7) is 9.25. The van der Waals surface area contributed by atoms with Gasteiger partial charge in [0.05, 0.1) is 0 Å². The number of carbonyl (C=O) groups excluding carboxylic acids is 1. The summed E-state index contributed by atoms with van der Waals surface area (Å²) in [5, 5.41) is 2.74. The minimum atomic E-state index is -0.0886. The van der Waals surface area contributed by atoms with Gasteiger partial charge in [0.1, 0.15) is 12.4 Å². The summed E-state index contributed by atoms with van der Waals surface area (Å²) in [4.78, 5) is 11.0. The van der Waals surface area contributed by atoms with Crippen LogP contribution in [0.15, 0.2) is 43.5 Å². The number of hydrogen-bond acceptors (Lipinski definition) is 2. The van der Waals surface area contributed by atoms with E-state index >= 15 is 0 Å². The van der Waals surface area contributed by atoms with Crippen molar-refractivity contribution in [1.82, 2.24) is 0 Å². The van der Waals surface area contributed by atoms with Gasteiger partial charge in [-0.15, -0.1) is 6.58 Å². The number of carbonyl (C=O) groups is 1. The van der Waals surface area contributed by atoms with Crippen molar-refractivity contribution in [3.8, 4) is 5.75 Å². The molecule has 1 N–H and O–H groups in total. The molecule has 0 heterocycles. The highest BCUT2D eigenvalue weighted by molar-refractivity contribution is 5.88. The Bertz CT molecular complexity index is 424. The number of rotatable bonds is 6. The summed E-state index contributed by atoms with van der Waals surface area (Å²) in [7, 11) is 0. The smallest absolute Gasteiger partial charge is 0.221 e. The lowest BCUT2D eigenvalue weighted by Crippen LogP contribution is -2.06. The summed E-state index contributed by atoms with van der Waals surface area (Å²) in [5.41, 5.74) is 1.76. The Kier molecular flexibility index (Phi) is 5.01. The molecule has 1 rings (SSSR count). The van der Waals surface area contributed by atoms with Crippen LogP contribution < -0.4 is 10.1 Å². The molecule has 0 spiro atoms. The molecule has 17 heavy (non-hydrogen) atoms. The van der Waals surface area contributed by atoms with Gasteiger partial charge >= 0.3 is 0 Å². The molecule has 1 aromatic carbocycles. The molecule has 0 atom stereocenters. The van der Waals surface area contributed by atoms with Gasteiger partial charge in [-0.1, -0.05) is 18.7 Å². The first kappa shape index (κ1) is 13.0. The number of hydrogen-bond donors (Lipinski definition) is 1. The van der Waals surface area contributed by atoms with Crippen LogP contribution in [0.1, 0.15) is 12.5 Å². The van der Waals surface area contributed by atoms with Crippen molar-refractivity contribution in [2.24, 2.45) is 0 Å². The fraction of sp³-hybridized carbons (Fsp3) is 0.214. The van der Waals surface area contributed by atoms with E-state index < -0.39 is 0 Å². The van der Waals surface area contributed by atoms with Crippen molar-refractivity contribution in [2.75, 3.05) is 11.9 Å². The Morgan fingerprint density at radius 1 is 1.41 bits per heavy atom. The zero-order chi connectivity index (χ0) is 12.7. The van der Waals surface area contributed by atoms with Crippen LogP contribution in [0.3, 0.4) is 0 Å². The van der Waals surface area contributed by atoms with Crippen molar-refractivity contribution in [1.29, 1.82) is 0 Å². The zero-order valence-corrected chi connectivity index (χ0v) is 10.0. The van der Waals surface area contributed by atoms with Gasteiger partial charge in [0, 0.05) is 12.6 Å². The lowest BCUT2D eigenvalue weighted by molar-refractivity contribution is -0.114. The monoisotopic (exact) mass is 231 g/mol. The fourth-order valence-corrected chi connectivity index (χ4v) is 1.47. The Morgan fingerprint density at radius 3 is 2.76 bits per heavy atom. The van der Waals surface area contributed by atoms with E-state index in [0.29, 0.717) is 13.0 Å². The molecule has 0 unspecified atom stereocenters. The van der Waals surface area contributed by atoms with Gasteiger partial charge < -0.3 is 10.1 Å². The molecule has 0 aromatic heterocycles. The van der Waals surface area contributed by atoms with Crippen LogP contribution in [0.25, 0.3) is 0 Å². The second-order valence-electron chi connectivity index (χ2n) is 3.60. The molecular formula is C14H17NO2. The van der Waals surface area contributed by atoms with Gasteiger partial charge in [0.15, 0.2) is 0 Å². The summed E-state index contributed by atoms with van der Waals surface area (Å²) in [5.74, 6) is 0.702. The molecule has 1 amide bonds. The Morgan fingerprint density at radius 2 is 2.18 bits per heavy atom. The van der Waals surface area contributed by atoms with Gasteiger partial charge in [-0.2, -0.15) is 0 Å². The van der Waals surface area contributed by atoms with E-state index in [1.165, 1.54) is 6.92 Å². The van der Waals surface area contributed by atoms with Crippen LogP contribution in [0, 0.1) is 0 Å². The number of ether oxygens (including phenoxy) is 1. The molecule has 3 nitrogen and oxygen atoms in total. The normalized spacial score (nSPS) is 9.47. The van der Waals surface area contributed by atoms with Gasteiger partial charge in [0.25, 0.3) is 0 Å². The number of nitrogens with one attached hydrogen (secondary N) is 1. The first-order valence-corrected chi connectivity index (χ1v) is 5.42. The number of anilines is 1. The Hall–Kier alpha value is -2.03. The molecule has 0 aliphatic rings. The second kappa shape index (κ2) is 6.53. The quantitative estimate of drug-likeness (QED) is 0.764. The van der Waals surface area contributed by atoms with Gasteiger partial charge in [-0.05, 0) is 30.2 Å². The van der Waals surface area contributed by atoms with Gasteiger partial charge in [-0.3, -0.25) is 4.79 Å². The highest BCUT2D eigenvalue weighted by Gasteiger charge is 2.04. The van der Waals surface area contributed by atoms with E-state index in [1.807, 2.05) is 18.2 Å². The Balaban J connectivity index is 2.93. The maximum atomic E-state index is 11.0. The van der Waals surface area contributed by atoms with Crippen LogP contribution in [0.5, 0.6) is 5.75 Å². The van der Waals surface area contributed by atoms with Crippen LogP contribution in [-0.2, 0) is 11.2 Å². The largest absolute Gasteiger partial charge is 0.489 e. The van der Waals surface area contributed by atoms with Crippen molar-refractivity contribution in [2.45, 2.75) is 13.3 Å². The van der Waals surface area contributed by atoms with Crippen LogP contribution >= 0.6 is 0 Å². The Labute approximate surface area is 102 Å². The molecule has 0 aliphatic heterocycles. The molecule has 0 bridgehead atoms. The van der Waals surface area contributed by atoms with E-state index in [1.54, 1.807) is 12.2 Å². The topological polar surface area (TPSA) is 38.3 Å². The maximum absolute atomic E-state index is 11.0. The third-order valence-electron chi connectivity index (χ3n) is 2.10. The molecule has 0 saturated heterocycles. The van der Waals surface area contributed by atoms with Crippen LogP contribution in [-0.4, -0.2) is 12.5 Å². The number of allylic oxidation sites excluding steroid dienone is 1. The SMILES string of the molecule is C=CCOc1ccc(NC(C)=O)cc1CC=C. The van der Waals surface area contributed by atoms with E-state index in [0.717, 1.165) is 17.0 Å². The highest BCUT2D eigenvalue weighted by atomic mass is 16.5. The second-order valence-corrected chi connectivity index (χ2v) is 3.60.